The summed E-state index contributed by atoms with van der Waals surface area (Å²) in [6.45, 7) is 0.691. The van der Waals surface area contributed by atoms with Crippen molar-refractivity contribution in [3.8, 4) is 10.6 Å². The molecule has 0 unspecified atom stereocenters. The minimum absolute atomic E-state index is 0.674. The van der Waals surface area contributed by atoms with Crippen molar-refractivity contribution in [2.75, 3.05) is 6.54 Å². The predicted octanol–water partition coefficient (Wildman–Crippen LogP) is 6.14. The number of thiophene rings is 1. The Hall–Kier alpha value is -0.710. The number of H-pyrrole nitrogens is 1. The molecule has 3 N–H and O–H groups in total. The number of aromatic amines is 1. The molecule has 0 spiro atoms. The summed E-state index contributed by atoms with van der Waals surface area (Å²) in [6, 6.07) is 7.58. The lowest BCUT2D eigenvalue weighted by molar-refractivity contribution is 0.748. The molecule has 2 heterocycles. The van der Waals surface area contributed by atoms with Crippen molar-refractivity contribution in [2.45, 2.75) is 19.3 Å². The first kappa shape index (κ1) is 16.2. The number of nitrogens with two attached hydrogens (primary N) is 1. The van der Waals surface area contributed by atoms with Gasteiger partial charge < -0.3 is 10.7 Å². The summed E-state index contributed by atoms with van der Waals surface area (Å²) in [6.07, 6.45) is 2.90. The van der Waals surface area contributed by atoms with Crippen LogP contribution in [0.1, 0.15) is 18.4 Å². The van der Waals surface area contributed by atoms with E-state index in [1.807, 2.05) is 24.3 Å². The number of rotatable bonds is 5. The van der Waals surface area contributed by atoms with Crippen LogP contribution in [0.2, 0.25) is 14.4 Å². The first-order valence-corrected chi connectivity index (χ1v) is 9.01. The number of halogens is 3. The van der Waals surface area contributed by atoms with Gasteiger partial charge in [-0.3, -0.25) is 0 Å². The van der Waals surface area contributed by atoms with E-state index in [4.69, 9.17) is 40.5 Å². The standard InChI is InChI=1S/C16H15Cl3N2S/c17-10-4-5-11(18)16-14(10)9(3-1-2-8-20)15(21-16)12-6-7-13(19)22-12/h4-7,21H,1-3,8,20H2. The lowest BCUT2D eigenvalue weighted by Crippen LogP contribution is -1.99. The van der Waals surface area contributed by atoms with Crippen molar-refractivity contribution >= 4 is 57.0 Å². The molecular weight excluding hydrogens is 359 g/mol. The number of hydrogen-bond donors (Lipinski definition) is 2. The number of fused-ring (bicyclic) bond motifs is 1. The summed E-state index contributed by atoms with van der Waals surface area (Å²) in [5.74, 6) is 0. The molecule has 0 amide bonds. The Balaban J connectivity index is 2.19. The second-order valence-corrected chi connectivity index (χ2v) is 7.64. The summed E-state index contributed by atoms with van der Waals surface area (Å²) < 4.78 is 0.763. The lowest BCUT2D eigenvalue weighted by atomic mass is 10.0. The van der Waals surface area contributed by atoms with Gasteiger partial charge in [0.1, 0.15) is 0 Å². The van der Waals surface area contributed by atoms with Gasteiger partial charge in [-0.05, 0) is 55.6 Å². The molecule has 0 aliphatic rings. The summed E-state index contributed by atoms with van der Waals surface area (Å²) in [7, 11) is 0. The van der Waals surface area contributed by atoms with Crippen LogP contribution in [0.25, 0.3) is 21.5 Å². The highest BCUT2D eigenvalue weighted by atomic mass is 35.5. The van der Waals surface area contributed by atoms with E-state index < -0.39 is 0 Å². The monoisotopic (exact) mass is 372 g/mol. The van der Waals surface area contributed by atoms with E-state index in [0.29, 0.717) is 16.6 Å². The van der Waals surface area contributed by atoms with Crippen molar-refractivity contribution in [1.82, 2.24) is 4.98 Å². The molecule has 0 saturated heterocycles. The molecule has 1 aromatic carbocycles. The Labute approximate surface area is 148 Å². The molecule has 2 nitrogen and oxygen atoms in total. The van der Waals surface area contributed by atoms with Crippen molar-refractivity contribution < 1.29 is 0 Å². The third-order valence-corrected chi connectivity index (χ3v) is 5.54. The fourth-order valence-corrected chi connectivity index (χ4v) is 4.20. The number of benzene rings is 1. The Kier molecular flexibility index (Phi) is 5.00. The molecule has 0 bridgehead atoms. The summed E-state index contributed by atoms with van der Waals surface area (Å²) in [5.41, 5.74) is 8.75. The number of aromatic nitrogens is 1. The average Bonchev–Trinajstić information content (AvgIpc) is 3.08. The molecule has 0 radical (unpaired) electrons. The second kappa shape index (κ2) is 6.81. The van der Waals surface area contributed by atoms with Crippen LogP contribution in [0, 0.1) is 0 Å². The van der Waals surface area contributed by atoms with Gasteiger partial charge in [0, 0.05) is 5.39 Å². The molecular formula is C16H15Cl3N2S. The lowest BCUT2D eigenvalue weighted by Gasteiger charge is -2.04. The van der Waals surface area contributed by atoms with Crippen molar-refractivity contribution in [3.05, 3.63) is 44.2 Å². The van der Waals surface area contributed by atoms with Gasteiger partial charge in [-0.25, -0.2) is 0 Å². The second-order valence-electron chi connectivity index (χ2n) is 5.11. The van der Waals surface area contributed by atoms with Gasteiger partial charge in [0.15, 0.2) is 0 Å². The molecule has 22 heavy (non-hydrogen) atoms. The molecule has 0 atom stereocenters. The number of hydrogen-bond acceptors (Lipinski definition) is 2. The van der Waals surface area contributed by atoms with Crippen LogP contribution in [0.15, 0.2) is 24.3 Å². The van der Waals surface area contributed by atoms with Crippen LogP contribution >= 0.6 is 46.1 Å². The largest absolute Gasteiger partial charge is 0.352 e. The van der Waals surface area contributed by atoms with Crippen LogP contribution in [0.3, 0.4) is 0 Å². The van der Waals surface area contributed by atoms with Gasteiger partial charge in [-0.1, -0.05) is 34.8 Å². The van der Waals surface area contributed by atoms with E-state index in [1.165, 1.54) is 5.56 Å². The third kappa shape index (κ3) is 3.01. The first-order chi connectivity index (χ1) is 10.6. The number of unbranched alkanes of at least 4 members (excludes halogenated alkanes) is 1. The van der Waals surface area contributed by atoms with Crippen LogP contribution in [-0.4, -0.2) is 11.5 Å². The van der Waals surface area contributed by atoms with E-state index in [1.54, 1.807) is 11.3 Å². The van der Waals surface area contributed by atoms with Crippen molar-refractivity contribution in [2.24, 2.45) is 5.73 Å². The fraction of sp³-hybridized carbons (Fsp3) is 0.250. The van der Waals surface area contributed by atoms with E-state index in [-0.39, 0.29) is 0 Å². The highest BCUT2D eigenvalue weighted by Gasteiger charge is 2.18. The minimum atomic E-state index is 0.674. The normalized spacial score (nSPS) is 11.5. The third-order valence-electron chi connectivity index (χ3n) is 3.66. The molecule has 3 rings (SSSR count). The predicted molar refractivity (Wildman–Crippen MR) is 98.6 cm³/mol. The van der Waals surface area contributed by atoms with Crippen LogP contribution in [0.4, 0.5) is 0 Å². The van der Waals surface area contributed by atoms with Crippen LogP contribution in [0.5, 0.6) is 0 Å². The summed E-state index contributed by atoms with van der Waals surface area (Å²) in [4.78, 5) is 4.53. The Morgan fingerprint density at radius 3 is 2.45 bits per heavy atom. The SMILES string of the molecule is NCCCCc1c(-c2ccc(Cl)s2)[nH]c2c(Cl)ccc(Cl)c12. The van der Waals surface area contributed by atoms with Crippen LogP contribution < -0.4 is 5.73 Å². The maximum absolute atomic E-state index is 6.43. The average molecular weight is 374 g/mol. The smallest absolute Gasteiger partial charge is 0.0935 e. The van der Waals surface area contributed by atoms with Gasteiger partial charge in [-0.15, -0.1) is 11.3 Å². The van der Waals surface area contributed by atoms with Gasteiger partial charge >= 0.3 is 0 Å². The maximum Gasteiger partial charge on any atom is 0.0935 e. The van der Waals surface area contributed by atoms with Gasteiger partial charge in [-0.2, -0.15) is 0 Å². The van der Waals surface area contributed by atoms with Crippen LogP contribution in [-0.2, 0) is 6.42 Å². The molecule has 6 heteroatoms. The van der Waals surface area contributed by atoms with E-state index >= 15 is 0 Å². The minimum Gasteiger partial charge on any atom is -0.352 e. The zero-order chi connectivity index (χ0) is 15.7. The zero-order valence-electron chi connectivity index (χ0n) is 11.8. The molecule has 0 aliphatic heterocycles. The van der Waals surface area contributed by atoms with E-state index in [2.05, 4.69) is 4.98 Å². The summed E-state index contributed by atoms with van der Waals surface area (Å²) >= 11 is 20.4. The summed E-state index contributed by atoms with van der Waals surface area (Å²) in [5, 5.41) is 2.39. The quantitative estimate of drug-likeness (QED) is 0.518. The highest BCUT2D eigenvalue weighted by molar-refractivity contribution is 7.19. The Bertz CT molecular complexity index is 807. The van der Waals surface area contributed by atoms with Gasteiger partial charge in [0.2, 0.25) is 0 Å². The Morgan fingerprint density at radius 1 is 1.00 bits per heavy atom. The maximum atomic E-state index is 6.43. The molecule has 3 aromatic rings. The molecule has 0 aliphatic carbocycles. The molecule has 116 valence electrons. The molecule has 0 saturated carbocycles. The fourth-order valence-electron chi connectivity index (χ4n) is 2.65. The number of aryl methyl sites for hydroxylation is 1. The molecule has 2 aromatic heterocycles. The van der Waals surface area contributed by atoms with Crippen molar-refractivity contribution in [3.63, 3.8) is 0 Å². The molecule has 0 fully saturated rings. The highest BCUT2D eigenvalue weighted by Crippen LogP contribution is 2.41. The Morgan fingerprint density at radius 2 is 1.77 bits per heavy atom. The van der Waals surface area contributed by atoms with Crippen molar-refractivity contribution in [1.29, 1.82) is 0 Å². The first-order valence-electron chi connectivity index (χ1n) is 7.06. The van der Waals surface area contributed by atoms with Gasteiger partial charge in [0.25, 0.3) is 0 Å². The van der Waals surface area contributed by atoms with E-state index in [0.717, 1.165) is 45.1 Å². The topological polar surface area (TPSA) is 41.8 Å². The van der Waals surface area contributed by atoms with E-state index in [9.17, 15) is 0 Å². The zero-order valence-corrected chi connectivity index (χ0v) is 14.8. The van der Waals surface area contributed by atoms with Gasteiger partial charge in [0.05, 0.1) is 30.5 Å². The number of nitrogens with one attached hydrogen (secondary N) is 1.